The van der Waals surface area contributed by atoms with Crippen LogP contribution in [0.4, 0.5) is 4.79 Å². The van der Waals surface area contributed by atoms with Gasteiger partial charge in [0.15, 0.2) is 0 Å². The zero-order chi connectivity index (χ0) is 35.5. The Hall–Kier alpha value is -4.22. The maximum atomic E-state index is 14.0. The number of fused-ring (bicyclic) bond motifs is 1. The molecule has 12 nitrogen and oxygen atoms in total. The molecule has 5 amide bonds. The van der Waals surface area contributed by atoms with Crippen molar-refractivity contribution < 1.29 is 33.5 Å². The van der Waals surface area contributed by atoms with Gasteiger partial charge < -0.3 is 30.9 Å². The van der Waals surface area contributed by atoms with Crippen LogP contribution in [0.1, 0.15) is 72.9 Å². The van der Waals surface area contributed by atoms with Crippen molar-refractivity contribution in [3.05, 3.63) is 48.0 Å². The number of Topliss-reactive ketones (excluding diaryl/α,β-unsaturated/α-hetero) is 1. The third kappa shape index (κ3) is 9.42. The first-order valence-corrected chi connectivity index (χ1v) is 16.0. The molecule has 1 saturated carbocycles. The molecule has 0 spiro atoms. The molecule has 12 heteroatoms. The Morgan fingerprint density at radius 2 is 1.70 bits per heavy atom. The van der Waals surface area contributed by atoms with Gasteiger partial charge in [-0.3, -0.25) is 24.0 Å². The van der Waals surface area contributed by atoms with Crippen molar-refractivity contribution in [1.29, 1.82) is 0 Å². The number of nitrogens with zero attached hydrogens (tertiary/aromatic N) is 1. The fourth-order valence-electron chi connectivity index (χ4n) is 6.20. The van der Waals surface area contributed by atoms with Gasteiger partial charge in [-0.1, -0.05) is 70.5 Å². The number of piperidine rings is 1. The van der Waals surface area contributed by atoms with Crippen molar-refractivity contribution in [1.82, 2.24) is 26.2 Å². The highest BCUT2D eigenvalue weighted by atomic mass is 16.6. The number of nitrogens with one attached hydrogen (secondary N) is 4. The van der Waals surface area contributed by atoms with E-state index in [4.69, 9.17) is 4.74 Å². The summed E-state index contributed by atoms with van der Waals surface area (Å²) in [6, 6.07) is 4.42. The van der Waals surface area contributed by atoms with Gasteiger partial charge in [0, 0.05) is 13.1 Å². The number of amides is 5. The van der Waals surface area contributed by atoms with Crippen molar-refractivity contribution in [3.8, 4) is 0 Å². The molecule has 3 rings (SSSR count). The minimum absolute atomic E-state index is 0.0412. The van der Waals surface area contributed by atoms with Crippen LogP contribution in [-0.2, 0) is 35.3 Å². The van der Waals surface area contributed by atoms with Gasteiger partial charge in [0.1, 0.15) is 23.7 Å². The number of hydrogen-bond donors (Lipinski definition) is 4. The Kier molecular flexibility index (Phi) is 11.3. The first-order valence-electron chi connectivity index (χ1n) is 16.0. The molecule has 1 heterocycles. The predicted octanol–water partition coefficient (Wildman–Crippen LogP) is 2.78. The average molecular weight is 654 g/mol. The fourth-order valence-corrected chi connectivity index (χ4v) is 6.20. The van der Waals surface area contributed by atoms with E-state index < -0.39 is 71.2 Å². The molecule has 1 aromatic rings. The predicted molar refractivity (Wildman–Crippen MR) is 177 cm³/mol. The van der Waals surface area contributed by atoms with E-state index in [2.05, 4.69) is 27.8 Å². The summed E-state index contributed by atoms with van der Waals surface area (Å²) < 4.78 is 5.40. The molecule has 2 aliphatic rings. The molecule has 258 valence electrons. The van der Waals surface area contributed by atoms with E-state index in [1.165, 1.54) is 11.0 Å². The van der Waals surface area contributed by atoms with Crippen LogP contribution < -0.4 is 21.3 Å². The van der Waals surface area contributed by atoms with Crippen molar-refractivity contribution in [3.63, 3.8) is 0 Å². The van der Waals surface area contributed by atoms with E-state index in [1.807, 2.05) is 65.8 Å². The molecule has 0 bridgehead atoms. The molecular weight excluding hydrogens is 602 g/mol. The van der Waals surface area contributed by atoms with Gasteiger partial charge in [0.25, 0.3) is 5.91 Å². The largest absolute Gasteiger partial charge is 0.444 e. The monoisotopic (exact) mass is 653 g/mol. The molecule has 2 fully saturated rings. The van der Waals surface area contributed by atoms with Crippen LogP contribution in [0.2, 0.25) is 0 Å². The smallest absolute Gasteiger partial charge is 0.408 e. The average Bonchev–Trinajstić information content (AvgIpc) is 3.26. The minimum atomic E-state index is -1.26. The zero-order valence-electron chi connectivity index (χ0n) is 29.1. The third-order valence-corrected chi connectivity index (χ3v) is 8.78. The summed E-state index contributed by atoms with van der Waals surface area (Å²) in [5, 5.41) is 10.4. The summed E-state index contributed by atoms with van der Waals surface area (Å²) in [6.45, 7) is 20.4. The number of hydrogen-bond acceptors (Lipinski definition) is 7. The molecule has 1 aliphatic heterocycles. The highest BCUT2D eigenvalue weighted by molar-refractivity contribution is 6.38. The van der Waals surface area contributed by atoms with Gasteiger partial charge in [0.2, 0.25) is 23.5 Å². The molecular formula is C35H51N5O7. The van der Waals surface area contributed by atoms with Gasteiger partial charge >= 0.3 is 6.09 Å². The van der Waals surface area contributed by atoms with E-state index in [1.54, 1.807) is 20.8 Å². The first-order chi connectivity index (χ1) is 21.7. The molecule has 5 atom stereocenters. The van der Waals surface area contributed by atoms with E-state index in [-0.39, 0.29) is 30.2 Å². The summed E-state index contributed by atoms with van der Waals surface area (Å²) in [4.78, 5) is 80.4. The lowest BCUT2D eigenvalue weighted by molar-refractivity contribution is -0.145. The lowest BCUT2D eigenvalue weighted by Gasteiger charge is -2.38. The topological polar surface area (TPSA) is 163 Å². The van der Waals surface area contributed by atoms with Crippen molar-refractivity contribution in [2.24, 2.45) is 22.7 Å². The Labute approximate surface area is 277 Å². The van der Waals surface area contributed by atoms with E-state index in [0.717, 1.165) is 11.1 Å². The quantitative estimate of drug-likeness (QED) is 0.199. The number of ether oxygens (including phenoxy) is 1. The van der Waals surface area contributed by atoms with Crippen molar-refractivity contribution in [2.45, 2.75) is 99.0 Å². The van der Waals surface area contributed by atoms with Crippen LogP contribution in [0.25, 0.3) is 0 Å². The van der Waals surface area contributed by atoms with Crippen LogP contribution in [0, 0.1) is 29.6 Å². The SMILES string of the molecule is C=CCC(NC(=O)[C@@H]1[C@@H]2[C@H](CN1C(=O)[C@@H](NC(=O)OC(C)(C)C)C(C)(C)C)C2(C)C)C(=O)C(=O)NCC(=O)NCc1cccc(C)c1. The standard InChI is InChI=1S/C35H51N5O7/c1-11-13-23(27(42)30(44)37-18-24(41)36-17-21-15-12-14-20(2)16-21)38-29(43)26-25-22(35(25,9)10)19-40(26)31(45)28(33(3,4)5)39-32(46)47-34(6,7)8/h11-12,14-16,22-23,25-26,28H,1,13,17-19H2,2-10H3,(H,36,41)(H,37,44)(H,38,43)(H,39,46)/t22-,23?,25-,26-,28+/m0/s1. The van der Waals surface area contributed by atoms with Crippen LogP contribution in [0.5, 0.6) is 0 Å². The van der Waals surface area contributed by atoms with Crippen LogP contribution in [0.3, 0.4) is 0 Å². The van der Waals surface area contributed by atoms with E-state index >= 15 is 0 Å². The number of carbonyl (C=O) groups excluding carboxylic acids is 6. The summed E-state index contributed by atoms with van der Waals surface area (Å²) in [6.07, 6.45) is 0.621. The minimum Gasteiger partial charge on any atom is -0.444 e. The Morgan fingerprint density at radius 3 is 2.28 bits per heavy atom. The zero-order valence-corrected chi connectivity index (χ0v) is 29.1. The fraction of sp³-hybridized carbons (Fsp3) is 0.600. The Bertz CT molecular complexity index is 1410. The second-order valence-electron chi connectivity index (χ2n) is 15.2. The summed E-state index contributed by atoms with van der Waals surface area (Å²) in [7, 11) is 0. The Morgan fingerprint density at radius 1 is 1.04 bits per heavy atom. The molecule has 47 heavy (non-hydrogen) atoms. The number of rotatable bonds is 12. The van der Waals surface area contributed by atoms with Gasteiger partial charge in [-0.05, 0) is 62.3 Å². The highest BCUT2D eigenvalue weighted by Crippen LogP contribution is 2.65. The molecule has 1 aromatic carbocycles. The number of ketones is 1. The van der Waals surface area contributed by atoms with Gasteiger partial charge in [-0.25, -0.2) is 4.79 Å². The highest BCUT2D eigenvalue weighted by Gasteiger charge is 2.70. The summed E-state index contributed by atoms with van der Waals surface area (Å²) in [5.74, 6) is -3.60. The second kappa shape index (κ2) is 14.3. The second-order valence-corrected chi connectivity index (χ2v) is 15.2. The number of likely N-dealkylation sites (tertiary alicyclic amines) is 1. The molecule has 0 radical (unpaired) electrons. The molecule has 0 aromatic heterocycles. The van der Waals surface area contributed by atoms with E-state index in [9.17, 15) is 28.8 Å². The maximum absolute atomic E-state index is 14.0. The van der Waals surface area contributed by atoms with E-state index in [0.29, 0.717) is 6.54 Å². The Balaban J connectivity index is 1.70. The van der Waals surface area contributed by atoms with Crippen LogP contribution >= 0.6 is 0 Å². The number of aryl methyl sites for hydroxylation is 1. The third-order valence-electron chi connectivity index (χ3n) is 8.78. The van der Waals surface area contributed by atoms with Crippen molar-refractivity contribution >= 4 is 35.5 Å². The molecule has 4 N–H and O–H groups in total. The van der Waals surface area contributed by atoms with Crippen LogP contribution in [0.15, 0.2) is 36.9 Å². The molecule has 1 unspecified atom stereocenters. The number of alkyl carbamates (subject to hydrolysis) is 1. The van der Waals surface area contributed by atoms with Crippen LogP contribution in [-0.4, -0.2) is 77.2 Å². The number of benzene rings is 1. The number of carbonyl (C=O) groups is 6. The molecule has 1 aliphatic carbocycles. The first kappa shape index (κ1) is 37.2. The maximum Gasteiger partial charge on any atom is 0.408 e. The molecule has 1 saturated heterocycles. The van der Waals surface area contributed by atoms with Crippen molar-refractivity contribution in [2.75, 3.05) is 13.1 Å². The summed E-state index contributed by atoms with van der Waals surface area (Å²) in [5.41, 5.74) is 0.216. The van der Waals surface area contributed by atoms with Gasteiger partial charge in [-0.15, -0.1) is 6.58 Å². The summed E-state index contributed by atoms with van der Waals surface area (Å²) >= 11 is 0. The lowest BCUT2D eigenvalue weighted by atomic mass is 9.85. The lowest BCUT2D eigenvalue weighted by Crippen LogP contribution is -2.60. The van der Waals surface area contributed by atoms with Gasteiger partial charge in [-0.2, -0.15) is 0 Å². The normalized spacial score (nSPS) is 21.0. The van der Waals surface area contributed by atoms with Gasteiger partial charge in [0.05, 0.1) is 6.54 Å².